The number of aromatic nitrogens is 2. The Morgan fingerprint density at radius 1 is 1.43 bits per heavy atom. The van der Waals surface area contributed by atoms with Crippen LogP contribution in [-0.2, 0) is 24.6 Å². The average Bonchev–Trinajstić information content (AvgIpc) is 3.00. The summed E-state index contributed by atoms with van der Waals surface area (Å²) in [5, 5.41) is 8.28. The van der Waals surface area contributed by atoms with E-state index in [9.17, 15) is 0 Å². The second-order valence-corrected chi connectivity index (χ2v) is 6.80. The molecular weight excluding hydrogens is 330 g/mol. The van der Waals surface area contributed by atoms with Crippen LogP contribution < -0.4 is 5.32 Å². The quantitative estimate of drug-likeness (QED) is 0.814. The second kappa shape index (κ2) is 7.75. The molecule has 2 rings (SSSR count). The van der Waals surface area contributed by atoms with Gasteiger partial charge < -0.3 is 10.1 Å². The highest BCUT2D eigenvalue weighted by molar-refractivity contribution is 9.10. The maximum Gasteiger partial charge on any atom is 0.0766 e. The predicted molar refractivity (Wildman–Crippen MR) is 89.6 cm³/mol. The van der Waals surface area contributed by atoms with Crippen molar-refractivity contribution in [1.29, 1.82) is 0 Å². The third-order valence-electron chi connectivity index (χ3n) is 4.29. The van der Waals surface area contributed by atoms with E-state index in [0.717, 1.165) is 37.9 Å². The maximum absolute atomic E-state index is 6.10. The first-order valence-electron chi connectivity index (χ1n) is 8.15. The van der Waals surface area contributed by atoms with Gasteiger partial charge in [0.25, 0.3) is 0 Å². The van der Waals surface area contributed by atoms with Gasteiger partial charge in [0.05, 0.1) is 28.1 Å². The molecule has 1 N–H and O–H groups in total. The Labute approximate surface area is 136 Å². The van der Waals surface area contributed by atoms with E-state index < -0.39 is 0 Å². The predicted octanol–water partition coefficient (Wildman–Crippen LogP) is 3.22. The fourth-order valence-corrected chi connectivity index (χ4v) is 3.82. The van der Waals surface area contributed by atoms with E-state index in [1.807, 2.05) is 11.7 Å². The largest absolute Gasteiger partial charge is 0.374 e. The van der Waals surface area contributed by atoms with Gasteiger partial charge in [-0.1, -0.05) is 13.8 Å². The first-order chi connectivity index (χ1) is 10.1. The van der Waals surface area contributed by atoms with Gasteiger partial charge in [-0.2, -0.15) is 5.10 Å². The van der Waals surface area contributed by atoms with Crippen molar-refractivity contribution in [1.82, 2.24) is 15.1 Å². The molecule has 1 aliphatic heterocycles. The molecule has 0 amide bonds. The Morgan fingerprint density at radius 3 is 2.71 bits per heavy atom. The maximum atomic E-state index is 6.10. The van der Waals surface area contributed by atoms with Gasteiger partial charge in [0.15, 0.2) is 0 Å². The smallest absolute Gasteiger partial charge is 0.0766 e. The summed E-state index contributed by atoms with van der Waals surface area (Å²) in [6.45, 7) is 7.56. The molecule has 0 saturated carbocycles. The van der Waals surface area contributed by atoms with Gasteiger partial charge in [0.1, 0.15) is 0 Å². The van der Waals surface area contributed by atoms with Gasteiger partial charge in [-0.3, -0.25) is 4.68 Å². The minimum absolute atomic E-state index is 0.318. The summed E-state index contributed by atoms with van der Waals surface area (Å²) in [6, 6.07) is 0.367. The Kier molecular flexibility index (Phi) is 6.26. The zero-order valence-electron chi connectivity index (χ0n) is 13.7. The number of hydrogen-bond acceptors (Lipinski definition) is 3. The first-order valence-corrected chi connectivity index (χ1v) is 8.95. The summed E-state index contributed by atoms with van der Waals surface area (Å²) in [6.07, 6.45) is 6.09. The lowest BCUT2D eigenvalue weighted by Crippen LogP contribution is -2.42. The van der Waals surface area contributed by atoms with Crippen LogP contribution in [-0.4, -0.2) is 34.6 Å². The van der Waals surface area contributed by atoms with E-state index in [1.54, 1.807) is 0 Å². The second-order valence-electron chi connectivity index (χ2n) is 6.01. The highest BCUT2D eigenvalue weighted by Crippen LogP contribution is 2.27. The lowest BCUT2D eigenvalue weighted by atomic mass is 10.0. The van der Waals surface area contributed by atoms with Crippen LogP contribution in [0, 0.1) is 0 Å². The minimum atomic E-state index is 0.318. The van der Waals surface area contributed by atoms with Crippen molar-refractivity contribution in [2.24, 2.45) is 7.05 Å². The van der Waals surface area contributed by atoms with Crippen molar-refractivity contribution >= 4 is 15.9 Å². The molecule has 0 bridgehead atoms. The van der Waals surface area contributed by atoms with Crippen molar-refractivity contribution in [3.8, 4) is 0 Å². The molecule has 120 valence electrons. The summed E-state index contributed by atoms with van der Waals surface area (Å²) >= 11 is 3.73. The number of nitrogens with one attached hydrogen (secondary N) is 1. The zero-order chi connectivity index (χ0) is 15.4. The summed E-state index contributed by atoms with van der Waals surface area (Å²) in [5.74, 6) is 0. The van der Waals surface area contributed by atoms with Gasteiger partial charge in [0.2, 0.25) is 0 Å². The molecule has 21 heavy (non-hydrogen) atoms. The molecule has 4 nitrogen and oxygen atoms in total. The summed E-state index contributed by atoms with van der Waals surface area (Å²) in [5.41, 5.74) is 2.41. The fraction of sp³-hybridized carbons (Fsp3) is 0.812. The standard InChI is InChI=1S/C16H28BrN3O/c1-5-9-18-13(15-8-7-11(3)21-15)10-14-16(17)12(6-2)19-20(14)4/h11,13,15,18H,5-10H2,1-4H3. The molecular formula is C16H28BrN3O. The lowest BCUT2D eigenvalue weighted by molar-refractivity contribution is 0.0316. The average molecular weight is 358 g/mol. The van der Waals surface area contributed by atoms with Crippen molar-refractivity contribution < 1.29 is 4.74 Å². The molecule has 1 aromatic heterocycles. The molecule has 3 atom stereocenters. The number of ether oxygens (including phenoxy) is 1. The monoisotopic (exact) mass is 357 g/mol. The van der Waals surface area contributed by atoms with E-state index in [4.69, 9.17) is 4.74 Å². The summed E-state index contributed by atoms with van der Waals surface area (Å²) in [4.78, 5) is 0. The van der Waals surface area contributed by atoms with Gasteiger partial charge in [-0.15, -0.1) is 0 Å². The zero-order valence-corrected chi connectivity index (χ0v) is 15.2. The Morgan fingerprint density at radius 2 is 2.19 bits per heavy atom. The van der Waals surface area contributed by atoms with E-state index in [2.05, 4.69) is 47.1 Å². The number of rotatable bonds is 7. The van der Waals surface area contributed by atoms with Gasteiger partial charge in [-0.25, -0.2) is 0 Å². The minimum Gasteiger partial charge on any atom is -0.374 e. The Hall–Kier alpha value is -0.390. The first kappa shape index (κ1) is 17.0. The van der Waals surface area contributed by atoms with Crippen LogP contribution in [0.3, 0.4) is 0 Å². The van der Waals surface area contributed by atoms with Gasteiger partial charge in [-0.05, 0) is 55.1 Å². The molecule has 1 saturated heterocycles. The van der Waals surface area contributed by atoms with Crippen LogP contribution in [0.2, 0.25) is 0 Å². The van der Waals surface area contributed by atoms with Crippen LogP contribution >= 0.6 is 15.9 Å². The van der Waals surface area contributed by atoms with Crippen molar-refractivity contribution in [2.45, 2.75) is 71.1 Å². The van der Waals surface area contributed by atoms with Crippen molar-refractivity contribution in [3.63, 3.8) is 0 Å². The number of aryl methyl sites for hydroxylation is 2. The SMILES string of the molecule is CCCNC(Cc1c(Br)c(CC)nn1C)C1CCC(C)O1. The molecule has 0 spiro atoms. The molecule has 2 heterocycles. The van der Waals surface area contributed by atoms with E-state index in [0.29, 0.717) is 18.2 Å². The molecule has 1 fully saturated rings. The molecule has 0 radical (unpaired) electrons. The Balaban J connectivity index is 2.12. The van der Waals surface area contributed by atoms with Crippen LogP contribution in [0.5, 0.6) is 0 Å². The molecule has 3 unspecified atom stereocenters. The fourth-order valence-electron chi connectivity index (χ4n) is 3.04. The third kappa shape index (κ3) is 4.08. The Bertz CT molecular complexity index is 461. The third-order valence-corrected chi connectivity index (χ3v) is 5.20. The lowest BCUT2D eigenvalue weighted by Gasteiger charge is -2.25. The molecule has 5 heteroatoms. The van der Waals surface area contributed by atoms with Crippen LogP contribution in [0.25, 0.3) is 0 Å². The van der Waals surface area contributed by atoms with Crippen LogP contribution in [0.4, 0.5) is 0 Å². The number of halogens is 1. The summed E-state index contributed by atoms with van der Waals surface area (Å²) in [7, 11) is 2.04. The van der Waals surface area contributed by atoms with Crippen molar-refractivity contribution in [3.05, 3.63) is 15.9 Å². The van der Waals surface area contributed by atoms with Gasteiger partial charge >= 0.3 is 0 Å². The van der Waals surface area contributed by atoms with Gasteiger partial charge in [0, 0.05) is 19.5 Å². The molecule has 1 aromatic rings. The highest BCUT2D eigenvalue weighted by atomic mass is 79.9. The topological polar surface area (TPSA) is 39.1 Å². The van der Waals surface area contributed by atoms with E-state index in [-0.39, 0.29) is 0 Å². The van der Waals surface area contributed by atoms with Crippen LogP contribution in [0.15, 0.2) is 4.47 Å². The molecule has 1 aliphatic rings. The normalized spacial score (nSPS) is 23.7. The number of hydrogen-bond donors (Lipinski definition) is 1. The van der Waals surface area contributed by atoms with E-state index >= 15 is 0 Å². The molecule has 0 aromatic carbocycles. The number of nitrogens with zero attached hydrogens (tertiary/aromatic N) is 2. The highest BCUT2D eigenvalue weighted by Gasteiger charge is 2.30. The van der Waals surface area contributed by atoms with Crippen LogP contribution in [0.1, 0.15) is 51.4 Å². The van der Waals surface area contributed by atoms with E-state index in [1.165, 1.54) is 16.6 Å². The molecule has 0 aliphatic carbocycles. The summed E-state index contributed by atoms with van der Waals surface area (Å²) < 4.78 is 9.28. The van der Waals surface area contributed by atoms with Crippen molar-refractivity contribution in [2.75, 3.05) is 6.54 Å².